The first kappa shape index (κ1) is 24.7. The number of methoxy groups -OCH3 is 1. The Morgan fingerprint density at radius 2 is 1.74 bits per heavy atom. The highest BCUT2D eigenvalue weighted by atomic mass is 127. The summed E-state index contributed by atoms with van der Waals surface area (Å²) < 4.78 is 40.1. The normalized spacial score (nSPS) is 14.8. The Kier molecular flexibility index (Phi) is 7.41. The fourth-order valence-corrected chi connectivity index (χ4v) is 4.46. The van der Waals surface area contributed by atoms with E-state index in [1.807, 2.05) is 22.6 Å². The van der Waals surface area contributed by atoms with E-state index in [9.17, 15) is 18.4 Å². The summed E-state index contributed by atoms with van der Waals surface area (Å²) in [6.07, 6.45) is 1.36. The molecule has 10 heteroatoms. The molecule has 0 spiro atoms. The second-order valence-electron chi connectivity index (χ2n) is 7.32. The molecule has 3 aromatic rings. The Balaban J connectivity index is 1.66. The average molecular weight is 606 g/mol. The summed E-state index contributed by atoms with van der Waals surface area (Å²) in [4.78, 5) is 26.7. The lowest BCUT2D eigenvalue weighted by Crippen LogP contribution is -2.54. The Morgan fingerprint density at radius 3 is 2.43 bits per heavy atom. The SMILES string of the molecule is COc1cc(/C=C2\C(=O)NC(=S)N(c3ccccc3F)C2=O)cc(I)c1OCc1ccccc1F. The lowest BCUT2D eigenvalue weighted by Gasteiger charge is -2.29. The van der Waals surface area contributed by atoms with Crippen LogP contribution in [0.15, 0.2) is 66.2 Å². The van der Waals surface area contributed by atoms with Gasteiger partial charge >= 0.3 is 0 Å². The number of amides is 2. The standard InChI is InChI=1S/C25H17F2IN2O4S/c1-33-21-12-14(11-19(28)22(21)34-13-15-6-2-3-7-17(15)26)10-16-23(31)29-25(35)30(24(16)32)20-9-5-4-8-18(20)27/h2-12H,13H2,1H3,(H,29,31,35)/b16-10+. The Morgan fingerprint density at radius 1 is 1.06 bits per heavy atom. The average Bonchev–Trinajstić information content (AvgIpc) is 2.83. The minimum absolute atomic E-state index is 0.0184. The second kappa shape index (κ2) is 10.5. The fraction of sp³-hybridized carbons (Fsp3) is 0.0800. The second-order valence-corrected chi connectivity index (χ2v) is 8.87. The highest BCUT2D eigenvalue weighted by Crippen LogP contribution is 2.36. The molecular formula is C25H17F2IN2O4S. The van der Waals surface area contributed by atoms with Crippen LogP contribution in [0.4, 0.5) is 14.5 Å². The lowest BCUT2D eigenvalue weighted by atomic mass is 10.1. The number of carbonyl (C=O) groups excluding carboxylic acids is 2. The van der Waals surface area contributed by atoms with E-state index in [0.29, 0.717) is 26.2 Å². The summed E-state index contributed by atoms with van der Waals surface area (Å²) in [6.45, 7) is -0.0184. The van der Waals surface area contributed by atoms with Crippen LogP contribution in [-0.2, 0) is 16.2 Å². The van der Waals surface area contributed by atoms with E-state index >= 15 is 0 Å². The predicted octanol–water partition coefficient (Wildman–Crippen LogP) is 4.99. The number of nitrogens with one attached hydrogen (secondary N) is 1. The summed E-state index contributed by atoms with van der Waals surface area (Å²) in [5, 5.41) is 2.21. The molecule has 1 saturated heterocycles. The largest absolute Gasteiger partial charge is 0.493 e. The Hall–Kier alpha value is -3.38. The van der Waals surface area contributed by atoms with Gasteiger partial charge in [0.05, 0.1) is 16.4 Å². The third-order valence-electron chi connectivity index (χ3n) is 5.09. The van der Waals surface area contributed by atoms with Gasteiger partial charge in [-0.15, -0.1) is 0 Å². The van der Waals surface area contributed by atoms with E-state index in [4.69, 9.17) is 21.7 Å². The van der Waals surface area contributed by atoms with E-state index in [1.54, 1.807) is 36.4 Å². The molecule has 0 bridgehead atoms. The number of anilines is 1. The van der Waals surface area contributed by atoms with E-state index in [0.717, 1.165) is 4.90 Å². The first-order valence-electron chi connectivity index (χ1n) is 10.2. The Bertz CT molecular complexity index is 1380. The van der Waals surface area contributed by atoms with Gasteiger partial charge in [-0.1, -0.05) is 30.3 Å². The van der Waals surface area contributed by atoms with Crippen LogP contribution in [0.5, 0.6) is 11.5 Å². The van der Waals surface area contributed by atoms with Crippen molar-refractivity contribution in [2.45, 2.75) is 6.61 Å². The molecule has 1 heterocycles. The monoisotopic (exact) mass is 606 g/mol. The van der Waals surface area contributed by atoms with Gasteiger partial charge in [0.25, 0.3) is 11.8 Å². The van der Waals surface area contributed by atoms with Crippen LogP contribution >= 0.6 is 34.8 Å². The molecule has 1 aliphatic rings. The minimum Gasteiger partial charge on any atom is -0.493 e. The fourth-order valence-electron chi connectivity index (χ4n) is 3.40. The van der Waals surface area contributed by atoms with Gasteiger partial charge in [-0.3, -0.25) is 14.9 Å². The molecule has 0 aliphatic carbocycles. The number of thiocarbonyl (C=S) groups is 1. The van der Waals surface area contributed by atoms with E-state index in [2.05, 4.69) is 5.32 Å². The third kappa shape index (κ3) is 5.17. The van der Waals surface area contributed by atoms with Crippen LogP contribution < -0.4 is 19.7 Å². The number of hydrogen-bond acceptors (Lipinski definition) is 5. The van der Waals surface area contributed by atoms with Gasteiger partial charge in [0.1, 0.15) is 23.8 Å². The van der Waals surface area contributed by atoms with Crippen LogP contribution in [0.25, 0.3) is 6.08 Å². The number of ether oxygens (including phenoxy) is 2. The molecule has 1 fully saturated rings. The summed E-state index contributed by atoms with van der Waals surface area (Å²) >= 11 is 7.13. The summed E-state index contributed by atoms with van der Waals surface area (Å²) in [5.74, 6) is -1.82. The van der Waals surface area contributed by atoms with Gasteiger partial charge in [0.2, 0.25) is 0 Å². The maximum atomic E-state index is 14.3. The molecule has 6 nitrogen and oxygen atoms in total. The molecule has 0 saturated carbocycles. The summed E-state index contributed by atoms with van der Waals surface area (Å²) in [7, 11) is 1.44. The van der Waals surface area contributed by atoms with Crippen molar-refractivity contribution < 1.29 is 27.8 Å². The van der Waals surface area contributed by atoms with Crippen molar-refractivity contribution in [3.8, 4) is 11.5 Å². The van der Waals surface area contributed by atoms with Crippen molar-refractivity contribution in [1.29, 1.82) is 0 Å². The topological polar surface area (TPSA) is 67.9 Å². The van der Waals surface area contributed by atoms with E-state index in [-0.39, 0.29) is 28.8 Å². The van der Waals surface area contributed by atoms with Crippen molar-refractivity contribution in [1.82, 2.24) is 5.32 Å². The number of carbonyl (C=O) groups is 2. The predicted molar refractivity (Wildman–Crippen MR) is 139 cm³/mol. The molecule has 0 radical (unpaired) electrons. The third-order valence-corrected chi connectivity index (χ3v) is 6.17. The van der Waals surface area contributed by atoms with Crippen LogP contribution in [0, 0.1) is 15.2 Å². The molecular weight excluding hydrogens is 589 g/mol. The molecule has 1 N–H and O–H groups in total. The molecule has 3 aromatic carbocycles. The zero-order valence-electron chi connectivity index (χ0n) is 18.2. The lowest BCUT2D eigenvalue weighted by molar-refractivity contribution is -0.122. The Labute approximate surface area is 218 Å². The van der Waals surface area contributed by atoms with Gasteiger partial charge in [0.15, 0.2) is 16.6 Å². The summed E-state index contributed by atoms with van der Waals surface area (Å²) in [6, 6.07) is 15.1. The van der Waals surface area contributed by atoms with Crippen molar-refractivity contribution >= 4 is 63.5 Å². The molecule has 4 rings (SSSR count). The van der Waals surface area contributed by atoms with Gasteiger partial charge in [-0.25, -0.2) is 13.7 Å². The van der Waals surface area contributed by atoms with Gasteiger partial charge in [-0.05, 0) is 76.8 Å². The molecule has 35 heavy (non-hydrogen) atoms. The van der Waals surface area contributed by atoms with Gasteiger partial charge in [0, 0.05) is 5.56 Å². The van der Waals surface area contributed by atoms with Gasteiger partial charge < -0.3 is 9.47 Å². The number of hydrogen-bond donors (Lipinski definition) is 1. The first-order chi connectivity index (χ1) is 16.8. The zero-order chi connectivity index (χ0) is 25.1. The zero-order valence-corrected chi connectivity index (χ0v) is 21.2. The number of halogens is 3. The first-order valence-corrected chi connectivity index (χ1v) is 11.7. The maximum absolute atomic E-state index is 14.3. The van der Waals surface area contributed by atoms with Crippen LogP contribution in [0.1, 0.15) is 11.1 Å². The number of benzene rings is 3. The highest BCUT2D eigenvalue weighted by molar-refractivity contribution is 14.1. The van der Waals surface area contributed by atoms with Crippen LogP contribution in [-0.4, -0.2) is 24.0 Å². The number of rotatable bonds is 6. The quantitative estimate of drug-likeness (QED) is 0.186. The van der Waals surface area contributed by atoms with Crippen molar-refractivity contribution in [3.05, 3.63) is 92.6 Å². The smallest absolute Gasteiger partial charge is 0.270 e. The maximum Gasteiger partial charge on any atom is 0.270 e. The van der Waals surface area contributed by atoms with Crippen LogP contribution in [0.2, 0.25) is 0 Å². The molecule has 1 aliphatic heterocycles. The summed E-state index contributed by atoms with van der Waals surface area (Å²) in [5.41, 5.74) is 0.534. The molecule has 0 unspecified atom stereocenters. The van der Waals surface area contributed by atoms with Crippen molar-refractivity contribution in [2.24, 2.45) is 0 Å². The van der Waals surface area contributed by atoms with Gasteiger partial charge in [-0.2, -0.15) is 0 Å². The van der Waals surface area contributed by atoms with E-state index in [1.165, 1.54) is 37.5 Å². The molecule has 2 amide bonds. The molecule has 0 atom stereocenters. The molecule has 0 aromatic heterocycles. The number of para-hydroxylation sites is 1. The van der Waals surface area contributed by atoms with Crippen LogP contribution in [0.3, 0.4) is 0 Å². The highest BCUT2D eigenvalue weighted by Gasteiger charge is 2.35. The van der Waals surface area contributed by atoms with E-state index < -0.39 is 17.6 Å². The number of nitrogens with zero attached hydrogens (tertiary/aromatic N) is 1. The molecule has 178 valence electrons. The minimum atomic E-state index is -0.766. The van der Waals surface area contributed by atoms with Crippen molar-refractivity contribution in [3.63, 3.8) is 0 Å². The van der Waals surface area contributed by atoms with Crippen molar-refractivity contribution in [2.75, 3.05) is 12.0 Å².